The molecular formula is C15H22FN5. The topological polar surface area (TPSA) is 69.6 Å². The summed E-state index contributed by atoms with van der Waals surface area (Å²) in [6, 6.07) is 4.57. The summed E-state index contributed by atoms with van der Waals surface area (Å²) < 4.78 is 15.0. The molecule has 0 saturated carbocycles. The number of rotatable bonds is 7. The van der Waals surface area contributed by atoms with Crippen molar-refractivity contribution in [2.75, 3.05) is 5.73 Å². The van der Waals surface area contributed by atoms with Crippen LogP contribution >= 0.6 is 0 Å². The third-order valence-electron chi connectivity index (χ3n) is 3.76. The summed E-state index contributed by atoms with van der Waals surface area (Å²) in [6.45, 7) is 5.15. The van der Waals surface area contributed by atoms with Gasteiger partial charge in [-0.3, -0.25) is 0 Å². The maximum absolute atomic E-state index is 13.3. The number of nitrogens with zero attached hydrogens (tertiary/aromatic N) is 4. The van der Waals surface area contributed by atoms with Gasteiger partial charge in [0.1, 0.15) is 5.82 Å². The number of nitrogens with two attached hydrogens (primary N) is 1. The Hall–Kier alpha value is -1.98. The Morgan fingerprint density at radius 1 is 1.33 bits per heavy atom. The van der Waals surface area contributed by atoms with Crippen molar-refractivity contribution in [2.24, 2.45) is 5.92 Å². The van der Waals surface area contributed by atoms with E-state index >= 15 is 0 Å². The minimum atomic E-state index is -0.424. The molecule has 0 bridgehead atoms. The first kappa shape index (κ1) is 15.4. The van der Waals surface area contributed by atoms with E-state index in [1.807, 2.05) is 0 Å². The predicted molar refractivity (Wildman–Crippen MR) is 80.9 cm³/mol. The highest BCUT2D eigenvalue weighted by molar-refractivity contribution is 5.61. The van der Waals surface area contributed by atoms with Gasteiger partial charge >= 0.3 is 0 Å². The summed E-state index contributed by atoms with van der Waals surface area (Å²) >= 11 is 0. The Morgan fingerprint density at radius 3 is 2.81 bits per heavy atom. The van der Waals surface area contributed by atoms with Crippen LogP contribution in [-0.4, -0.2) is 20.2 Å². The average molecular weight is 291 g/mol. The molecule has 2 N–H and O–H groups in total. The Bertz CT molecular complexity index is 581. The summed E-state index contributed by atoms with van der Waals surface area (Å²) in [5.74, 6) is 0.758. The lowest BCUT2D eigenvalue weighted by molar-refractivity contribution is 0.370. The number of nitrogen functional groups attached to an aromatic ring is 1. The zero-order valence-corrected chi connectivity index (χ0v) is 12.6. The number of halogens is 1. The third kappa shape index (κ3) is 3.77. The van der Waals surface area contributed by atoms with Crippen molar-refractivity contribution in [3.8, 4) is 11.4 Å². The molecule has 0 aliphatic heterocycles. The second-order valence-electron chi connectivity index (χ2n) is 5.34. The minimum absolute atomic E-state index is 0.111. The van der Waals surface area contributed by atoms with Crippen molar-refractivity contribution in [3.63, 3.8) is 0 Å². The lowest BCUT2D eigenvalue weighted by Crippen LogP contribution is -2.13. The molecule has 1 aromatic carbocycles. The van der Waals surface area contributed by atoms with Crippen molar-refractivity contribution >= 4 is 5.69 Å². The molecule has 5 nitrogen and oxygen atoms in total. The lowest BCUT2D eigenvalue weighted by Gasteiger charge is -2.15. The molecule has 1 unspecified atom stereocenters. The fraction of sp³-hybridized carbons (Fsp3) is 0.533. The van der Waals surface area contributed by atoms with E-state index in [2.05, 4.69) is 29.4 Å². The molecule has 0 spiro atoms. The van der Waals surface area contributed by atoms with Gasteiger partial charge < -0.3 is 5.73 Å². The van der Waals surface area contributed by atoms with Crippen LogP contribution in [0.1, 0.15) is 39.5 Å². The van der Waals surface area contributed by atoms with Crippen molar-refractivity contribution in [1.82, 2.24) is 20.2 Å². The van der Waals surface area contributed by atoms with Crippen LogP contribution in [0.2, 0.25) is 0 Å². The first-order chi connectivity index (χ1) is 10.2. The molecule has 0 saturated heterocycles. The number of hydrogen-bond acceptors (Lipinski definition) is 4. The van der Waals surface area contributed by atoms with Crippen molar-refractivity contribution in [3.05, 3.63) is 24.0 Å². The Kier molecular flexibility index (Phi) is 5.25. The molecule has 114 valence electrons. The van der Waals surface area contributed by atoms with Gasteiger partial charge in [0.2, 0.25) is 0 Å². The van der Waals surface area contributed by atoms with Gasteiger partial charge in [0.15, 0.2) is 5.82 Å². The van der Waals surface area contributed by atoms with Crippen LogP contribution in [0.4, 0.5) is 10.1 Å². The summed E-state index contributed by atoms with van der Waals surface area (Å²) in [4.78, 5) is 0. The van der Waals surface area contributed by atoms with E-state index in [0.29, 0.717) is 11.7 Å². The van der Waals surface area contributed by atoms with Gasteiger partial charge in [0.05, 0.1) is 5.69 Å². The molecular weight excluding hydrogens is 269 g/mol. The van der Waals surface area contributed by atoms with E-state index in [4.69, 9.17) is 5.73 Å². The standard InChI is InChI=1S/C15H22FN5/c1-3-5-6-11(4-2)10-21-15(18-19-20-21)12-7-8-13(16)14(17)9-12/h7-9,11H,3-6,10,17H2,1-2H3. The van der Waals surface area contributed by atoms with Gasteiger partial charge in [0, 0.05) is 12.1 Å². The molecule has 1 heterocycles. The Labute approximate surface area is 124 Å². The number of aromatic nitrogens is 4. The first-order valence-corrected chi connectivity index (χ1v) is 7.47. The van der Waals surface area contributed by atoms with Crippen LogP contribution in [0.25, 0.3) is 11.4 Å². The average Bonchev–Trinajstić information content (AvgIpc) is 2.94. The Morgan fingerprint density at radius 2 is 2.14 bits per heavy atom. The van der Waals surface area contributed by atoms with Crippen LogP contribution in [0.5, 0.6) is 0 Å². The second kappa shape index (κ2) is 7.15. The molecule has 1 atom stereocenters. The number of benzene rings is 1. The molecule has 2 aromatic rings. The molecule has 21 heavy (non-hydrogen) atoms. The number of tetrazole rings is 1. The summed E-state index contributed by atoms with van der Waals surface area (Å²) in [5, 5.41) is 11.9. The van der Waals surface area contributed by atoms with Gasteiger partial charge in [0.25, 0.3) is 0 Å². The molecule has 0 fully saturated rings. The number of unbranched alkanes of at least 4 members (excludes halogenated alkanes) is 1. The summed E-state index contributed by atoms with van der Waals surface area (Å²) in [7, 11) is 0. The maximum atomic E-state index is 13.3. The summed E-state index contributed by atoms with van der Waals surface area (Å²) in [6.07, 6.45) is 4.65. The number of hydrogen-bond donors (Lipinski definition) is 1. The largest absolute Gasteiger partial charge is 0.396 e. The van der Waals surface area contributed by atoms with Crippen LogP contribution in [0.15, 0.2) is 18.2 Å². The molecule has 0 radical (unpaired) electrons. The van der Waals surface area contributed by atoms with Crippen LogP contribution < -0.4 is 5.73 Å². The van der Waals surface area contributed by atoms with Gasteiger partial charge in [-0.05, 0) is 41.0 Å². The third-order valence-corrected chi connectivity index (χ3v) is 3.76. The SMILES string of the molecule is CCCCC(CC)Cn1nnnc1-c1ccc(F)c(N)c1. The fourth-order valence-corrected chi connectivity index (χ4v) is 2.38. The van der Waals surface area contributed by atoms with Gasteiger partial charge in [-0.15, -0.1) is 5.10 Å². The molecule has 2 rings (SSSR count). The van der Waals surface area contributed by atoms with Gasteiger partial charge in [-0.1, -0.05) is 33.1 Å². The quantitative estimate of drug-likeness (QED) is 0.795. The molecule has 0 aliphatic rings. The van der Waals surface area contributed by atoms with Gasteiger partial charge in [-0.2, -0.15) is 0 Å². The van der Waals surface area contributed by atoms with Crippen LogP contribution in [0.3, 0.4) is 0 Å². The van der Waals surface area contributed by atoms with Crippen molar-refractivity contribution in [1.29, 1.82) is 0 Å². The van der Waals surface area contributed by atoms with E-state index in [0.717, 1.165) is 24.9 Å². The molecule has 1 aromatic heterocycles. The zero-order chi connectivity index (χ0) is 15.2. The summed E-state index contributed by atoms with van der Waals surface area (Å²) in [5.41, 5.74) is 6.47. The molecule has 6 heteroatoms. The normalized spacial score (nSPS) is 12.5. The molecule has 0 amide bonds. The van der Waals surface area contributed by atoms with E-state index in [-0.39, 0.29) is 5.69 Å². The first-order valence-electron chi connectivity index (χ1n) is 7.47. The monoisotopic (exact) mass is 291 g/mol. The fourth-order valence-electron chi connectivity index (χ4n) is 2.38. The highest BCUT2D eigenvalue weighted by Crippen LogP contribution is 2.23. The van der Waals surface area contributed by atoms with Crippen molar-refractivity contribution in [2.45, 2.75) is 46.1 Å². The minimum Gasteiger partial charge on any atom is -0.396 e. The van der Waals surface area contributed by atoms with E-state index in [9.17, 15) is 4.39 Å². The number of anilines is 1. The highest BCUT2D eigenvalue weighted by atomic mass is 19.1. The van der Waals surface area contributed by atoms with E-state index < -0.39 is 5.82 Å². The van der Waals surface area contributed by atoms with Crippen LogP contribution in [-0.2, 0) is 6.54 Å². The van der Waals surface area contributed by atoms with E-state index in [1.54, 1.807) is 16.8 Å². The highest BCUT2D eigenvalue weighted by Gasteiger charge is 2.14. The second-order valence-corrected chi connectivity index (χ2v) is 5.34. The Balaban J connectivity index is 2.19. The predicted octanol–water partition coefficient (Wildman–Crippen LogP) is 3.28. The zero-order valence-electron chi connectivity index (χ0n) is 12.6. The lowest BCUT2D eigenvalue weighted by atomic mass is 9.99. The smallest absolute Gasteiger partial charge is 0.182 e. The van der Waals surface area contributed by atoms with Crippen LogP contribution in [0, 0.1) is 11.7 Å². The maximum Gasteiger partial charge on any atom is 0.182 e. The van der Waals surface area contributed by atoms with Crippen molar-refractivity contribution < 1.29 is 4.39 Å². The van der Waals surface area contributed by atoms with Gasteiger partial charge in [-0.25, -0.2) is 9.07 Å². The van der Waals surface area contributed by atoms with E-state index in [1.165, 1.54) is 18.9 Å². The molecule has 0 aliphatic carbocycles.